The lowest BCUT2D eigenvalue weighted by Crippen LogP contribution is -2.32. The summed E-state index contributed by atoms with van der Waals surface area (Å²) >= 11 is 0. The van der Waals surface area contributed by atoms with Crippen molar-refractivity contribution in [1.29, 1.82) is 0 Å². The molecule has 236 valence electrons. The molecular formula is C28H46O11S2. The van der Waals surface area contributed by atoms with Gasteiger partial charge < -0.3 is 9.47 Å². The minimum atomic E-state index is -3.96. The van der Waals surface area contributed by atoms with Gasteiger partial charge in [-0.15, -0.1) is 0 Å². The fourth-order valence-corrected chi connectivity index (χ4v) is 7.69. The highest BCUT2D eigenvalue weighted by atomic mass is 32.2. The summed E-state index contributed by atoms with van der Waals surface area (Å²) in [6.45, 7) is 8.65. The Morgan fingerprint density at radius 1 is 0.854 bits per heavy atom. The van der Waals surface area contributed by atoms with Crippen LogP contribution in [0.3, 0.4) is 0 Å². The highest BCUT2D eigenvalue weighted by Gasteiger charge is 2.34. The first-order valence-corrected chi connectivity index (χ1v) is 17.2. The second-order valence-corrected chi connectivity index (χ2v) is 15.6. The van der Waals surface area contributed by atoms with Crippen molar-refractivity contribution in [3.8, 4) is 5.75 Å². The predicted octanol–water partition coefficient (Wildman–Crippen LogP) is 5.76. The maximum absolute atomic E-state index is 11.9. The molecule has 0 bridgehead atoms. The molecule has 0 radical (unpaired) electrons. The third-order valence-corrected chi connectivity index (χ3v) is 10.1. The standard InChI is InChI=1S/C16H24O5.C12H22O6S2/c1-12(10-16(2,3)4)11-19-14(17)15(21-18)20-13-8-6-5-7-9-13;13-19(14,11-7-3-1-4-8-11)17-18-20(15,16)12-9-5-2-6-10-12/h5-9,12,15,18H,10-11H2,1-4H3;11-12H,1-10H2. The largest absolute Gasteiger partial charge is 0.461 e. The van der Waals surface area contributed by atoms with Crippen LogP contribution in [-0.2, 0) is 43.3 Å². The zero-order valence-electron chi connectivity index (χ0n) is 24.5. The Bertz CT molecular complexity index is 1060. The fourth-order valence-electron chi connectivity index (χ4n) is 5.03. The molecule has 0 amide bonds. The first-order chi connectivity index (χ1) is 19.2. The minimum absolute atomic E-state index is 0.166. The van der Waals surface area contributed by atoms with Crippen LogP contribution in [0.4, 0.5) is 0 Å². The maximum atomic E-state index is 11.9. The maximum Gasteiger partial charge on any atom is 0.379 e. The van der Waals surface area contributed by atoms with E-state index in [0.717, 1.165) is 44.9 Å². The Balaban J connectivity index is 0.000000287. The van der Waals surface area contributed by atoms with E-state index >= 15 is 0 Å². The molecule has 1 aromatic rings. The summed E-state index contributed by atoms with van der Waals surface area (Å²) in [5.74, 6) is -0.122. The van der Waals surface area contributed by atoms with Crippen molar-refractivity contribution in [2.45, 2.75) is 115 Å². The zero-order valence-corrected chi connectivity index (χ0v) is 26.2. The number of para-hydroxylation sites is 1. The van der Waals surface area contributed by atoms with E-state index in [2.05, 4.69) is 34.3 Å². The van der Waals surface area contributed by atoms with Crippen molar-refractivity contribution in [3.05, 3.63) is 30.3 Å². The van der Waals surface area contributed by atoms with Gasteiger partial charge in [0.1, 0.15) is 5.75 Å². The van der Waals surface area contributed by atoms with Crippen LogP contribution in [-0.4, -0.2) is 51.5 Å². The first kappa shape index (κ1) is 35.4. The number of rotatable bonds is 12. The predicted molar refractivity (Wildman–Crippen MR) is 153 cm³/mol. The van der Waals surface area contributed by atoms with Crippen LogP contribution in [0.15, 0.2) is 30.3 Å². The van der Waals surface area contributed by atoms with Crippen LogP contribution >= 0.6 is 0 Å². The zero-order chi connectivity index (χ0) is 30.5. The van der Waals surface area contributed by atoms with Crippen molar-refractivity contribution in [1.82, 2.24) is 0 Å². The summed E-state index contributed by atoms with van der Waals surface area (Å²) in [7, 11) is -7.91. The van der Waals surface area contributed by atoms with Gasteiger partial charge in [0, 0.05) is 0 Å². The van der Waals surface area contributed by atoms with Gasteiger partial charge in [-0.05, 0) is 55.6 Å². The molecule has 1 N–H and O–H groups in total. The Hall–Kier alpha value is -1.77. The summed E-state index contributed by atoms with van der Waals surface area (Å²) in [4.78, 5) is 15.9. The molecule has 0 aromatic heterocycles. The topological polar surface area (TPSA) is 152 Å². The molecule has 13 heteroatoms. The van der Waals surface area contributed by atoms with Gasteiger partial charge >= 0.3 is 12.3 Å². The molecule has 0 spiro atoms. The van der Waals surface area contributed by atoms with E-state index in [1.807, 2.05) is 13.0 Å². The van der Waals surface area contributed by atoms with E-state index < -0.39 is 43.0 Å². The molecule has 2 aliphatic carbocycles. The quantitative estimate of drug-likeness (QED) is 0.131. The van der Waals surface area contributed by atoms with Crippen LogP contribution in [0.2, 0.25) is 0 Å². The Labute approximate surface area is 245 Å². The van der Waals surface area contributed by atoms with Gasteiger partial charge in [0.2, 0.25) is 0 Å². The van der Waals surface area contributed by atoms with Crippen LogP contribution in [0.5, 0.6) is 5.75 Å². The first-order valence-electron chi connectivity index (χ1n) is 14.3. The van der Waals surface area contributed by atoms with E-state index in [-0.39, 0.29) is 17.9 Å². The summed E-state index contributed by atoms with van der Waals surface area (Å²) < 4.78 is 66.7. The van der Waals surface area contributed by atoms with Crippen molar-refractivity contribution >= 4 is 26.2 Å². The van der Waals surface area contributed by atoms with E-state index in [1.54, 1.807) is 24.3 Å². The van der Waals surface area contributed by atoms with Gasteiger partial charge in [-0.25, -0.2) is 10.1 Å². The van der Waals surface area contributed by atoms with Crippen LogP contribution in [0, 0.1) is 11.3 Å². The lowest BCUT2D eigenvalue weighted by atomic mass is 9.86. The molecule has 0 saturated heterocycles. The van der Waals surface area contributed by atoms with Crippen molar-refractivity contribution in [3.63, 3.8) is 0 Å². The SMILES string of the molecule is CC(COC(=O)C(OO)Oc1ccccc1)CC(C)(C)C.O=S(=O)(OOS(=O)(=O)C1CCCCC1)C1CCCCC1. The van der Waals surface area contributed by atoms with E-state index in [0.29, 0.717) is 31.4 Å². The van der Waals surface area contributed by atoms with Gasteiger partial charge in [0.15, 0.2) is 0 Å². The van der Waals surface area contributed by atoms with Gasteiger partial charge in [-0.2, -0.15) is 21.7 Å². The van der Waals surface area contributed by atoms with Crippen LogP contribution in [0.25, 0.3) is 0 Å². The lowest BCUT2D eigenvalue weighted by Gasteiger charge is -2.23. The number of carbonyl (C=O) groups excluding carboxylic acids is 1. The Kier molecular flexibility index (Phi) is 14.5. The molecule has 2 aliphatic rings. The van der Waals surface area contributed by atoms with Crippen LogP contribution < -0.4 is 4.74 Å². The highest BCUT2D eigenvalue weighted by Crippen LogP contribution is 2.28. The van der Waals surface area contributed by atoms with Crippen molar-refractivity contribution in [2.75, 3.05) is 6.61 Å². The third kappa shape index (κ3) is 13.4. The van der Waals surface area contributed by atoms with Crippen molar-refractivity contribution in [2.24, 2.45) is 11.3 Å². The number of esters is 1. The smallest absolute Gasteiger partial charge is 0.379 e. The molecule has 11 nitrogen and oxygen atoms in total. The Morgan fingerprint density at radius 2 is 1.32 bits per heavy atom. The molecule has 0 aliphatic heterocycles. The number of hydrogen-bond donors (Lipinski definition) is 1. The third-order valence-electron chi connectivity index (χ3n) is 6.88. The second kappa shape index (κ2) is 16.8. The number of benzene rings is 1. The summed E-state index contributed by atoms with van der Waals surface area (Å²) in [5, 5.41) is 7.50. The van der Waals surface area contributed by atoms with E-state index in [1.165, 1.54) is 0 Å². The molecule has 2 fully saturated rings. The Morgan fingerprint density at radius 3 is 1.73 bits per heavy atom. The summed E-state index contributed by atoms with van der Waals surface area (Å²) in [6, 6.07) is 8.62. The minimum Gasteiger partial charge on any atom is -0.461 e. The van der Waals surface area contributed by atoms with Gasteiger partial charge in [0.05, 0.1) is 17.1 Å². The lowest BCUT2D eigenvalue weighted by molar-refractivity contribution is -0.319. The number of ether oxygens (including phenoxy) is 2. The van der Waals surface area contributed by atoms with Gasteiger partial charge in [-0.1, -0.05) is 93.1 Å². The highest BCUT2D eigenvalue weighted by molar-refractivity contribution is 7.89. The van der Waals surface area contributed by atoms with Crippen molar-refractivity contribution < 1.29 is 49.9 Å². The van der Waals surface area contributed by atoms with Gasteiger partial charge in [-0.3, -0.25) is 0 Å². The molecule has 0 heterocycles. The van der Waals surface area contributed by atoms with Gasteiger partial charge in [0.25, 0.3) is 20.2 Å². The molecular weight excluding hydrogens is 576 g/mol. The van der Waals surface area contributed by atoms with E-state index in [4.69, 9.17) is 14.7 Å². The molecule has 2 atom stereocenters. The summed E-state index contributed by atoms with van der Waals surface area (Å²) in [5.41, 5.74) is 0.166. The summed E-state index contributed by atoms with van der Waals surface area (Å²) in [6.07, 6.45) is 6.78. The van der Waals surface area contributed by atoms with Crippen LogP contribution in [0.1, 0.15) is 98.3 Å². The number of carbonyl (C=O) groups is 1. The normalized spacial score (nSPS) is 19.0. The molecule has 2 saturated carbocycles. The molecule has 2 unspecified atom stereocenters. The van der Waals surface area contributed by atoms with E-state index in [9.17, 15) is 21.6 Å². The molecule has 3 rings (SSSR count). The molecule has 1 aromatic carbocycles. The monoisotopic (exact) mass is 622 g/mol. The average molecular weight is 623 g/mol. The average Bonchev–Trinajstić information content (AvgIpc) is 2.95. The molecule has 41 heavy (non-hydrogen) atoms. The fraction of sp³-hybridized carbons (Fsp3) is 0.750. The number of hydrogen-bond acceptors (Lipinski definition) is 11. The second-order valence-electron chi connectivity index (χ2n) is 12.0.